The number of nitrogens with zero attached hydrogens (tertiary/aromatic N) is 1. The number of rotatable bonds is 11. The number of sulfonamides is 1. The number of hydrogen-bond acceptors (Lipinski definition) is 7. The largest absolute Gasteiger partial charge is 0.490 e. The van der Waals surface area contributed by atoms with Crippen LogP contribution in [0.15, 0.2) is 96.0 Å². The van der Waals surface area contributed by atoms with E-state index in [1.165, 1.54) is 36.5 Å². The molecule has 1 saturated carbocycles. The molecular formula is C32H30FN3O7S. The molecule has 5 rings (SSSR count). The zero-order valence-electron chi connectivity index (χ0n) is 23.5. The second kappa shape index (κ2) is 13.7. The molecule has 228 valence electrons. The number of amides is 1. The predicted octanol–water partition coefficient (Wildman–Crippen LogP) is 5.56. The van der Waals surface area contributed by atoms with Gasteiger partial charge in [-0.15, -0.1) is 0 Å². The van der Waals surface area contributed by atoms with E-state index in [2.05, 4.69) is 15.0 Å². The Morgan fingerprint density at radius 2 is 1.64 bits per heavy atom. The van der Waals surface area contributed by atoms with Crippen molar-refractivity contribution in [2.45, 2.75) is 49.1 Å². The summed E-state index contributed by atoms with van der Waals surface area (Å²) in [5.74, 6) is -0.577. The first-order chi connectivity index (χ1) is 21.1. The Morgan fingerprint density at radius 1 is 0.909 bits per heavy atom. The van der Waals surface area contributed by atoms with Crippen LogP contribution in [0, 0.1) is 5.82 Å². The first-order valence-corrected chi connectivity index (χ1v) is 15.4. The molecule has 1 aromatic heterocycles. The van der Waals surface area contributed by atoms with Crippen molar-refractivity contribution in [1.82, 2.24) is 9.71 Å². The van der Waals surface area contributed by atoms with E-state index in [-0.39, 0.29) is 40.6 Å². The van der Waals surface area contributed by atoms with Crippen LogP contribution >= 0.6 is 0 Å². The Kier molecular flexibility index (Phi) is 9.51. The fraction of sp³-hybridized carbons (Fsp3) is 0.219. The summed E-state index contributed by atoms with van der Waals surface area (Å²) in [4.78, 5) is 27.9. The van der Waals surface area contributed by atoms with Crippen molar-refractivity contribution in [3.8, 4) is 17.4 Å². The summed E-state index contributed by atoms with van der Waals surface area (Å²) in [5.41, 5.74) is 0.863. The van der Waals surface area contributed by atoms with Crippen LogP contribution in [0.4, 0.5) is 10.1 Å². The number of pyridine rings is 1. The van der Waals surface area contributed by atoms with Gasteiger partial charge >= 0.3 is 5.97 Å². The molecule has 1 fully saturated rings. The van der Waals surface area contributed by atoms with Crippen molar-refractivity contribution in [2.24, 2.45) is 0 Å². The average molecular weight is 620 g/mol. The number of ether oxygens (including phenoxy) is 2. The lowest BCUT2D eigenvalue weighted by Gasteiger charge is -2.29. The SMILES string of the molecule is O=C(Cc1ccc(Oc2ccc(OC3CCC(NS(=O)(=O)c4cccc(F)c4)CC3)cc2)nc1)Nc1ccccc1C(=O)O. The van der Waals surface area contributed by atoms with E-state index < -0.39 is 21.8 Å². The van der Waals surface area contributed by atoms with E-state index in [0.29, 0.717) is 48.6 Å². The Morgan fingerprint density at radius 3 is 2.32 bits per heavy atom. The Balaban J connectivity index is 1.07. The number of aromatic nitrogens is 1. The summed E-state index contributed by atoms with van der Waals surface area (Å²) < 4.78 is 53.2. The van der Waals surface area contributed by atoms with E-state index >= 15 is 0 Å². The van der Waals surface area contributed by atoms with Gasteiger partial charge in [0.2, 0.25) is 21.8 Å². The Bertz CT molecular complexity index is 1720. The van der Waals surface area contributed by atoms with Gasteiger partial charge in [-0.25, -0.2) is 27.3 Å². The number of hydrogen-bond donors (Lipinski definition) is 3. The van der Waals surface area contributed by atoms with Crippen molar-refractivity contribution in [3.05, 3.63) is 108 Å². The highest BCUT2D eigenvalue weighted by Gasteiger charge is 2.27. The molecule has 0 radical (unpaired) electrons. The van der Waals surface area contributed by atoms with E-state index in [1.807, 2.05) is 0 Å². The molecule has 4 aromatic rings. The highest BCUT2D eigenvalue weighted by molar-refractivity contribution is 7.89. The van der Waals surface area contributed by atoms with Crippen molar-refractivity contribution < 1.29 is 37.0 Å². The normalized spacial score (nSPS) is 16.6. The molecule has 1 amide bonds. The number of benzene rings is 3. The van der Waals surface area contributed by atoms with Crippen LogP contribution in [0.2, 0.25) is 0 Å². The minimum absolute atomic E-state index is 0.00800. The molecule has 3 aromatic carbocycles. The van der Waals surface area contributed by atoms with E-state index in [0.717, 1.165) is 6.07 Å². The molecule has 0 saturated heterocycles. The molecule has 0 atom stereocenters. The summed E-state index contributed by atoms with van der Waals surface area (Å²) in [6.45, 7) is 0. The fourth-order valence-corrected chi connectivity index (χ4v) is 6.19. The number of carboxylic acid groups (broad SMARTS) is 1. The number of carbonyl (C=O) groups is 2. The molecule has 10 nitrogen and oxygen atoms in total. The minimum atomic E-state index is -3.80. The lowest BCUT2D eigenvalue weighted by atomic mass is 9.94. The van der Waals surface area contributed by atoms with Gasteiger partial charge in [0, 0.05) is 18.3 Å². The summed E-state index contributed by atoms with van der Waals surface area (Å²) in [6.07, 6.45) is 3.97. The van der Waals surface area contributed by atoms with Crippen LogP contribution < -0.4 is 19.5 Å². The van der Waals surface area contributed by atoms with Gasteiger partial charge in [0.05, 0.1) is 28.7 Å². The summed E-state index contributed by atoms with van der Waals surface area (Å²) in [6, 6.07) is 21.3. The molecule has 44 heavy (non-hydrogen) atoms. The number of nitrogens with one attached hydrogen (secondary N) is 2. The van der Waals surface area contributed by atoms with Crippen molar-refractivity contribution >= 4 is 27.6 Å². The second-order valence-corrected chi connectivity index (χ2v) is 12.0. The summed E-state index contributed by atoms with van der Waals surface area (Å²) in [7, 11) is -3.80. The molecule has 0 spiro atoms. The third-order valence-corrected chi connectivity index (χ3v) is 8.56. The lowest BCUT2D eigenvalue weighted by Crippen LogP contribution is -2.39. The monoisotopic (exact) mass is 619 g/mol. The first kappa shape index (κ1) is 30.6. The zero-order chi connectivity index (χ0) is 31.1. The number of para-hydroxylation sites is 1. The predicted molar refractivity (Wildman–Crippen MR) is 160 cm³/mol. The quantitative estimate of drug-likeness (QED) is 0.198. The molecule has 0 bridgehead atoms. The molecule has 0 unspecified atom stereocenters. The third-order valence-electron chi connectivity index (χ3n) is 7.05. The van der Waals surface area contributed by atoms with Gasteiger partial charge in [0.15, 0.2) is 0 Å². The summed E-state index contributed by atoms with van der Waals surface area (Å²) >= 11 is 0. The van der Waals surface area contributed by atoms with Gasteiger partial charge in [-0.3, -0.25) is 4.79 Å². The fourth-order valence-electron chi connectivity index (χ4n) is 4.85. The van der Waals surface area contributed by atoms with Gasteiger partial charge in [-0.1, -0.05) is 24.3 Å². The van der Waals surface area contributed by atoms with Gasteiger partial charge < -0.3 is 19.9 Å². The van der Waals surface area contributed by atoms with E-state index in [9.17, 15) is 27.5 Å². The highest BCUT2D eigenvalue weighted by atomic mass is 32.2. The van der Waals surface area contributed by atoms with E-state index in [1.54, 1.807) is 48.5 Å². The van der Waals surface area contributed by atoms with Crippen LogP contribution in [-0.2, 0) is 21.2 Å². The van der Waals surface area contributed by atoms with Crippen molar-refractivity contribution in [3.63, 3.8) is 0 Å². The van der Waals surface area contributed by atoms with Crippen LogP contribution in [0.1, 0.15) is 41.6 Å². The number of anilines is 1. The number of halogens is 1. The molecule has 1 heterocycles. The average Bonchev–Trinajstić information content (AvgIpc) is 3.00. The topological polar surface area (TPSA) is 144 Å². The second-order valence-electron chi connectivity index (χ2n) is 10.3. The maximum atomic E-state index is 13.5. The standard InChI is InChI=1S/C32H30FN3O7S/c33-22-4-3-5-27(19-22)44(40,41)36-23-9-11-24(12-10-23)42-25-13-15-26(16-14-25)43-31-17-8-21(20-34-31)18-30(37)35-29-7-2-1-6-28(29)32(38)39/h1-8,13-17,19-20,23-24,36H,9-12,18H2,(H,35,37)(H,38,39). The number of carbonyl (C=O) groups excluding carboxylic acids is 1. The molecule has 12 heteroatoms. The van der Waals surface area contributed by atoms with Gasteiger partial charge in [0.25, 0.3) is 0 Å². The van der Waals surface area contributed by atoms with Gasteiger partial charge in [0.1, 0.15) is 17.3 Å². The van der Waals surface area contributed by atoms with Crippen LogP contribution in [-0.4, -0.2) is 42.5 Å². The van der Waals surface area contributed by atoms with Crippen LogP contribution in [0.25, 0.3) is 0 Å². The molecule has 1 aliphatic carbocycles. The minimum Gasteiger partial charge on any atom is -0.490 e. The van der Waals surface area contributed by atoms with Crippen LogP contribution in [0.5, 0.6) is 17.4 Å². The lowest BCUT2D eigenvalue weighted by molar-refractivity contribution is -0.115. The first-order valence-electron chi connectivity index (χ1n) is 13.9. The number of aromatic carboxylic acids is 1. The Labute approximate surface area is 253 Å². The molecule has 1 aliphatic rings. The molecule has 3 N–H and O–H groups in total. The van der Waals surface area contributed by atoms with Gasteiger partial charge in [-0.05, 0) is 85.8 Å². The number of carboxylic acids is 1. The molecular weight excluding hydrogens is 589 g/mol. The van der Waals surface area contributed by atoms with Gasteiger partial charge in [-0.2, -0.15) is 0 Å². The Hall–Kier alpha value is -4.81. The highest BCUT2D eigenvalue weighted by Crippen LogP contribution is 2.28. The zero-order valence-corrected chi connectivity index (χ0v) is 24.3. The maximum absolute atomic E-state index is 13.5. The van der Waals surface area contributed by atoms with Crippen molar-refractivity contribution in [2.75, 3.05) is 5.32 Å². The smallest absolute Gasteiger partial charge is 0.337 e. The molecule has 0 aliphatic heterocycles. The van der Waals surface area contributed by atoms with Crippen molar-refractivity contribution in [1.29, 1.82) is 0 Å². The third kappa shape index (κ3) is 8.17. The van der Waals surface area contributed by atoms with Crippen LogP contribution in [0.3, 0.4) is 0 Å². The maximum Gasteiger partial charge on any atom is 0.337 e. The summed E-state index contributed by atoms with van der Waals surface area (Å²) in [5, 5.41) is 11.9. The van der Waals surface area contributed by atoms with E-state index in [4.69, 9.17) is 9.47 Å².